The summed E-state index contributed by atoms with van der Waals surface area (Å²) in [4.78, 5) is 22.9. The molecule has 128 valence electrons. The molecule has 1 aromatic carbocycles. The van der Waals surface area contributed by atoms with Crippen molar-refractivity contribution in [1.82, 2.24) is 5.32 Å². The van der Waals surface area contributed by atoms with Crippen LogP contribution >= 0.6 is 23.2 Å². The number of carbonyl (C=O) groups excluding carboxylic acids is 2. The zero-order chi connectivity index (χ0) is 17.2. The topological polar surface area (TPSA) is 64.6 Å². The number of rotatable bonds is 9. The lowest BCUT2D eigenvalue weighted by molar-refractivity contribution is -0.144. The van der Waals surface area contributed by atoms with E-state index >= 15 is 0 Å². The van der Waals surface area contributed by atoms with Crippen LogP contribution < -0.4 is 10.1 Å². The van der Waals surface area contributed by atoms with Crippen molar-refractivity contribution < 1.29 is 19.1 Å². The Bertz CT molecular complexity index is 535. The van der Waals surface area contributed by atoms with Crippen LogP contribution in [0.15, 0.2) is 18.2 Å². The number of halogens is 2. The molecule has 0 bridgehead atoms. The maximum Gasteiger partial charge on any atom is 0.325 e. The smallest absolute Gasteiger partial charge is 0.325 e. The van der Waals surface area contributed by atoms with E-state index in [4.69, 9.17) is 32.7 Å². The van der Waals surface area contributed by atoms with E-state index < -0.39 is 5.97 Å². The van der Waals surface area contributed by atoms with Crippen LogP contribution in [-0.2, 0) is 14.3 Å². The first-order chi connectivity index (χ1) is 10.9. The van der Waals surface area contributed by atoms with Crippen molar-refractivity contribution in [2.45, 2.75) is 26.7 Å². The molecular formula is C16H21Cl2NO4. The van der Waals surface area contributed by atoms with Gasteiger partial charge in [0.05, 0.1) is 5.02 Å². The second-order valence-corrected chi connectivity index (χ2v) is 6.20. The normalized spacial score (nSPS) is 10.5. The Hall–Kier alpha value is -1.46. The van der Waals surface area contributed by atoms with Gasteiger partial charge in [0.1, 0.15) is 25.5 Å². The van der Waals surface area contributed by atoms with Gasteiger partial charge in [-0.1, -0.05) is 37.0 Å². The monoisotopic (exact) mass is 361 g/mol. The highest BCUT2D eigenvalue weighted by Crippen LogP contribution is 2.27. The quantitative estimate of drug-likeness (QED) is 0.540. The fraction of sp³-hybridized carbons (Fsp3) is 0.500. The summed E-state index contributed by atoms with van der Waals surface area (Å²) in [5, 5.41) is 3.43. The summed E-state index contributed by atoms with van der Waals surface area (Å²) in [7, 11) is 0. The van der Waals surface area contributed by atoms with Crippen molar-refractivity contribution in [2.24, 2.45) is 5.92 Å². The number of ether oxygens (including phenoxy) is 2. The van der Waals surface area contributed by atoms with Crippen LogP contribution in [0.2, 0.25) is 10.0 Å². The second-order valence-electron chi connectivity index (χ2n) is 5.35. The minimum atomic E-state index is -0.506. The Kier molecular flexibility index (Phi) is 8.81. The van der Waals surface area contributed by atoms with Crippen molar-refractivity contribution in [2.75, 3.05) is 19.8 Å². The molecule has 1 rings (SSSR count). The summed E-state index contributed by atoms with van der Waals surface area (Å²) in [5.41, 5.74) is 0. The molecule has 1 aromatic rings. The number of hydrogen-bond donors (Lipinski definition) is 1. The SMILES string of the molecule is CC(C)CCC(=O)NCC(=O)OCCOc1ccc(Cl)cc1Cl. The minimum absolute atomic E-state index is 0.0691. The van der Waals surface area contributed by atoms with E-state index in [9.17, 15) is 9.59 Å². The van der Waals surface area contributed by atoms with Crippen LogP contribution in [0.5, 0.6) is 5.75 Å². The molecule has 0 radical (unpaired) electrons. The number of nitrogens with one attached hydrogen (secondary N) is 1. The molecule has 0 aliphatic carbocycles. The van der Waals surface area contributed by atoms with Gasteiger partial charge in [0.25, 0.3) is 0 Å². The van der Waals surface area contributed by atoms with Crippen molar-refractivity contribution in [1.29, 1.82) is 0 Å². The summed E-state index contributed by atoms with van der Waals surface area (Å²) in [6.45, 7) is 4.16. The van der Waals surface area contributed by atoms with Crippen LogP contribution in [0, 0.1) is 5.92 Å². The molecule has 23 heavy (non-hydrogen) atoms. The van der Waals surface area contributed by atoms with Crippen LogP contribution in [0.4, 0.5) is 0 Å². The fourth-order valence-corrected chi connectivity index (χ4v) is 2.09. The molecular weight excluding hydrogens is 341 g/mol. The first-order valence-corrected chi connectivity index (χ1v) is 8.14. The van der Waals surface area contributed by atoms with Gasteiger partial charge in [0.15, 0.2) is 0 Å². The standard InChI is InChI=1S/C16H21Cl2NO4/c1-11(2)3-6-15(20)19-10-16(21)23-8-7-22-14-5-4-12(17)9-13(14)18/h4-5,9,11H,3,6-8,10H2,1-2H3,(H,19,20). The van der Waals surface area contributed by atoms with Gasteiger partial charge in [-0.25, -0.2) is 0 Å². The Morgan fingerprint density at radius 3 is 2.61 bits per heavy atom. The fourth-order valence-electron chi connectivity index (χ4n) is 1.63. The minimum Gasteiger partial charge on any atom is -0.488 e. The lowest BCUT2D eigenvalue weighted by atomic mass is 10.1. The lowest BCUT2D eigenvalue weighted by Crippen LogP contribution is -2.31. The Balaban J connectivity index is 2.15. The molecule has 5 nitrogen and oxygen atoms in total. The van der Waals surface area contributed by atoms with Crippen molar-refractivity contribution in [3.05, 3.63) is 28.2 Å². The third-order valence-electron chi connectivity index (χ3n) is 2.88. The maximum atomic E-state index is 11.5. The molecule has 0 spiro atoms. The average molecular weight is 362 g/mol. The Morgan fingerprint density at radius 2 is 1.96 bits per heavy atom. The molecule has 0 heterocycles. The van der Waals surface area contributed by atoms with E-state index in [1.54, 1.807) is 18.2 Å². The van der Waals surface area contributed by atoms with Crippen LogP contribution in [0.1, 0.15) is 26.7 Å². The van der Waals surface area contributed by atoms with Crippen LogP contribution in [0.3, 0.4) is 0 Å². The molecule has 0 aromatic heterocycles. The summed E-state index contributed by atoms with van der Waals surface area (Å²) in [5.74, 6) is 0.257. The van der Waals surface area contributed by atoms with Crippen molar-refractivity contribution in [3.63, 3.8) is 0 Å². The Labute approximate surface area is 146 Å². The highest BCUT2D eigenvalue weighted by atomic mass is 35.5. The van der Waals surface area contributed by atoms with E-state index in [0.717, 1.165) is 6.42 Å². The van der Waals surface area contributed by atoms with Crippen molar-refractivity contribution >= 4 is 35.1 Å². The summed E-state index contributed by atoms with van der Waals surface area (Å²) in [6.07, 6.45) is 1.19. The number of hydrogen-bond acceptors (Lipinski definition) is 4. The molecule has 0 aliphatic rings. The van der Waals surface area contributed by atoms with E-state index in [1.165, 1.54) is 0 Å². The van der Waals surface area contributed by atoms with Crippen LogP contribution in [-0.4, -0.2) is 31.6 Å². The Morgan fingerprint density at radius 1 is 1.22 bits per heavy atom. The van der Waals surface area contributed by atoms with Crippen molar-refractivity contribution in [3.8, 4) is 5.75 Å². The number of carbonyl (C=O) groups is 2. The predicted octanol–water partition coefficient (Wildman–Crippen LogP) is 3.47. The van der Waals surface area contributed by atoms with Gasteiger partial charge in [-0.2, -0.15) is 0 Å². The average Bonchev–Trinajstić information content (AvgIpc) is 2.49. The van der Waals surface area contributed by atoms with E-state index in [1.807, 2.05) is 13.8 Å². The molecule has 0 saturated carbocycles. The third kappa shape index (κ3) is 8.67. The van der Waals surface area contributed by atoms with E-state index in [-0.39, 0.29) is 25.7 Å². The van der Waals surface area contributed by atoms with E-state index in [0.29, 0.717) is 28.1 Å². The molecule has 0 fully saturated rings. The number of amides is 1. The highest BCUT2D eigenvalue weighted by Gasteiger charge is 2.08. The van der Waals surface area contributed by atoms with Gasteiger partial charge in [0, 0.05) is 11.4 Å². The van der Waals surface area contributed by atoms with E-state index in [2.05, 4.69) is 5.32 Å². The third-order valence-corrected chi connectivity index (χ3v) is 3.41. The van der Waals surface area contributed by atoms with Gasteiger partial charge >= 0.3 is 5.97 Å². The zero-order valence-electron chi connectivity index (χ0n) is 13.2. The largest absolute Gasteiger partial charge is 0.488 e. The predicted molar refractivity (Wildman–Crippen MR) is 90.0 cm³/mol. The second kappa shape index (κ2) is 10.3. The number of esters is 1. The number of benzene rings is 1. The molecule has 0 saturated heterocycles. The highest BCUT2D eigenvalue weighted by molar-refractivity contribution is 6.35. The molecule has 0 unspecified atom stereocenters. The molecule has 7 heteroatoms. The summed E-state index contributed by atoms with van der Waals surface area (Å²) in [6, 6.07) is 4.86. The van der Waals surface area contributed by atoms with Gasteiger partial charge in [-0.15, -0.1) is 0 Å². The summed E-state index contributed by atoms with van der Waals surface area (Å²) >= 11 is 11.7. The lowest BCUT2D eigenvalue weighted by Gasteiger charge is -2.09. The molecule has 1 amide bonds. The first-order valence-electron chi connectivity index (χ1n) is 7.38. The molecule has 1 N–H and O–H groups in total. The molecule has 0 atom stereocenters. The van der Waals surface area contributed by atoms with Gasteiger partial charge in [-0.05, 0) is 30.5 Å². The zero-order valence-corrected chi connectivity index (χ0v) is 14.7. The molecule has 0 aliphatic heterocycles. The first kappa shape index (κ1) is 19.6. The van der Waals surface area contributed by atoms with Gasteiger partial charge in [-0.3, -0.25) is 9.59 Å². The van der Waals surface area contributed by atoms with Crippen LogP contribution in [0.25, 0.3) is 0 Å². The summed E-state index contributed by atoms with van der Waals surface area (Å²) < 4.78 is 10.3. The van der Waals surface area contributed by atoms with Gasteiger partial charge in [0.2, 0.25) is 5.91 Å². The van der Waals surface area contributed by atoms with Gasteiger partial charge < -0.3 is 14.8 Å². The maximum absolute atomic E-state index is 11.5.